The summed E-state index contributed by atoms with van der Waals surface area (Å²) in [5.41, 5.74) is 5.94. The van der Waals surface area contributed by atoms with Gasteiger partial charge >= 0.3 is 0 Å². The van der Waals surface area contributed by atoms with E-state index < -0.39 is 0 Å². The topological polar surface area (TPSA) is 29.3 Å². The molecule has 13 heavy (non-hydrogen) atoms. The van der Waals surface area contributed by atoms with Crippen molar-refractivity contribution >= 4 is 0 Å². The zero-order valence-corrected chi connectivity index (χ0v) is 9.46. The second-order valence-electron chi connectivity index (χ2n) is 4.58. The third kappa shape index (κ3) is 2.23. The predicted octanol–water partition coefficient (Wildman–Crippen LogP) is 1.84. The van der Waals surface area contributed by atoms with E-state index in [1.165, 1.54) is 19.4 Å². The van der Waals surface area contributed by atoms with Gasteiger partial charge in [-0.2, -0.15) is 0 Å². The molecule has 0 saturated carbocycles. The van der Waals surface area contributed by atoms with Crippen LogP contribution in [0.5, 0.6) is 0 Å². The maximum atomic E-state index is 5.94. The average molecular weight is 184 g/mol. The van der Waals surface area contributed by atoms with Crippen molar-refractivity contribution in [2.24, 2.45) is 11.7 Å². The van der Waals surface area contributed by atoms with Crippen LogP contribution >= 0.6 is 0 Å². The van der Waals surface area contributed by atoms with Crippen LogP contribution in [0.1, 0.15) is 40.5 Å². The molecule has 4 atom stereocenters. The van der Waals surface area contributed by atoms with Crippen molar-refractivity contribution < 1.29 is 0 Å². The lowest BCUT2D eigenvalue weighted by atomic mass is 9.99. The highest BCUT2D eigenvalue weighted by Gasteiger charge is 2.33. The van der Waals surface area contributed by atoms with Gasteiger partial charge in [0.15, 0.2) is 0 Å². The Labute approximate surface area is 82.5 Å². The largest absolute Gasteiger partial charge is 0.327 e. The molecule has 0 aromatic heterocycles. The Balaban J connectivity index is 2.59. The van der Waals surface area contributed by atoms with Gasteiger partial charge in [-0.3, -0.25) is 4.90 Å². The normalized spacial score (nSPS) is 34.8. The Morgan fingerprint density at radius 1 is 1.46 bits per heavy atom. The van der Waals surface area contributed by atoms with Crippen LogP contribution in [0.3, 0.4) is 0 Å². The van der Waals surface area contributed by atoms with Crippen LogP contribution in [0, 0.1) is 5.92 Å². The van der Waals surface area contributed by atoms with Crippen molar-refractivity contribution in [1.29, 1.82) is 0 Å². The summed E-state index contributed by atoms with van der Waals surface area (Å²) in [7, 11) is 0. The van der Waals surface area contributed by atoms with Crippen molar-refractivity contribution in [2.45, 2.75) is 58.7 Å². The first-order valence-electron chi connectivity index (χ1n) is 5.59. The lowest BCUT2D eigenvalue weighted by Crippen LogP contribution is -2.47. The number of hydrogen-bond acceptors (Lipinski definition) is 2. The summed E-state index contributed by atoms with van der Waals surface area (Å²) in [4.78, 5) is 2.59. The Bertz CT molecular complexity index is 156. The summed E-state index contributed by atoms with van der Waals surface area (Å²) in [5, 5.41) is 0. The van der Waals surface area contributed by atoms with E-state index in [0.717, 1.165) is 12.0 Å². The molecule has 1 aliphatic rings. The van der Waals surface area contributed by atoms with Crippen LogP contribution in [-0.4, -0.2) is 29.6 Å². The quantitative estimate of drug-likeness (QED) is 0.725. The zero-order chi connectivity index (χ0) is 10.0. The van der Waals surface area contributed by atoms with Gasteiger partial charge in [0, 0.05) is 18.1 Å². The van der Waals surface area contributed by atoms with Crippen LogP contribution < -0.4 is 5.73 Å². The molecular weight excluding hydrogens is 160 g/mol. The Morgan fingerprint density at radius 3 is 2.54 bits per heavy atom. The number of nitrogens with zero attached hydrogens (tertiary/aromatic N) is 1. The third-order valence-electron chi connectivity index (χ3n) is 3.63. The van der Waals surface area contributed by atoms with Gasteiger partial charge in [-0.15, -0.1) is 0 Å². The first-order chi connectivity index (χ1) is 6.07. The molecule has 0 amide bonds. The number of hydrogen-bond donors (Lipinski definition) is 1. The molecule has 2 nitrogen and oxygen atoms in total. The van der Waals surface area contributed by atoms with Gasteiger partial charge in [-0.05, 0) is 39.2 Å². The van der Waals surface area contributed by atoms with Crippen molar-refractivity contribution in [1.82, 2.24) is 4.90 Å². The zero-order valence-electron chi connectivity index (χ0n) is 9.46. The maximum absolute atomic E-state index is 5.94. The van der Waals surface area contributed by atoms with Crippen LogP contribution in [-0.2, 0) is 0 Å². The van der Waals surface area contributed by atoms with E-state index >= 15 is 0 Å². The summed E-state index contributed by atoms with van der Waals surface area (Å²) >= 11 is 0. The van der Waals surface area contributed by atoms with Crippen LogP contribution in [0.15, 0.2) is 0 Å². The molecular formula is C11H24N2. The molecule has 2 heteroatoms. The van der Waals surface area contributed by atoms with Gasteiger partial charge in [-0.1, -0.05) is 13.8 Å². The van der Waals surface area contributed by atoms with E-state index in [2.05, 4.69) is 32.6 Å². The van der Waals surface area contributed by atoms with Gasteiger partial charge < -0.3 is 5.73 Å². The molecule has 1 aliphatic heterocycles. The summed E-state index contributed by atoms with van der Waals surface area (Å²) < 4.78 is 0. The second-order valence-corrected chi connectivity index (χ2v) is 4.58. The first-order valence-corrected chi connectivity index (χ1v) is 5.59. The number of likely N-dealkylation sites (tertiary alicyclic amines) is 1. The van der Waals surface area contributed by atoms with Gasteiger partial charge in [0.05, 0.1) is 0 Å². The molecule has 1 rings (SSSR count). The summed E-state index contributed by atoms with van der Waals surface area (Å²) in [6.07, 6.45) is 2.60. The van der Waals surface area contributed by atoms with Crippen LogP contribution in [0.2, 0.25) is 0 Å². The molecule has 0 aromatic carbocycles. The lowest BCUT2D eigenvalue weighted by Gasteiger charge is -2.33. The molecule has 0 aliphatic carbocycles. The van der Waals surface area contributed by atoms with Gasteiger partial charge in [0.2, 0.25) is 0 Å². The number of nitrogens with two attached hydrogens (primary N) is 1. The van der Waals surface area contributed by atoms with E-state index in [1.807, 2.05) is 0 Å². The van der Waals surface area contributed by atoms with E-state index in [9.17, 15) is 0 Å². The van der Waals surface area contributed by atoms with Gasteiger partial charge in [-0.25, -0.2) is 0 Å². The maximum Gasteiger partial charge on any atom is 0.0219 e. The first kappa shape index (κ1) is 11.0. The SMILES string of the molecule is CCC1C(C)CCN1C(C)C(C)N. The number of rotatable bonds is 3. The summed E-state index contributed by atoms with van der Waals surface area (Å²) in [6, 6.07) is 1.59. The standard InChI is InChI=1S/C11H24N2/c1-5-11-8(2)6-7-13(11)10(4)9(3)12/h8-11H,5-7,12H2,1-4H3. The predicted molar refractivity (Wildman–Crippen MR) is 57.7 cm³/mol. The minimum Gasteiger partial charge on any atom is -0.327 e. The fourth-order valence-corrected chi connectivity index (χ4v) is 2.48. The van der Waals surface area contributed by atoms with Crippen molar-refractivity contribution in [2.75, 3.05) is 6.54 Å². The molecule has 78 valence electrons. The Kier molecular flexibility index (Phi) is 3.74. The van der Waals surface area contributed by atoms with E-state index in [1.54, 1.807) is 0 Å². The third-order valence-corrected chi connectivity index (χ3v) is 3.63. The molecule has 1 heterocycles. The highest BCUT2D eigenvalue weighted by atomic mass is 15.2. The van der Waals surface area contributed by atoms with Gasteiger partial charge in [0.25, 0.3) is 0 Å². The van der Waals surface area contributed by atoms with E-state index in [-0.39, 0.29) is 0 Å². The molecule has 4 unspecified atom stereocenters. The highest BCUT2D eigenvalue weighted by Crippen LogP contribution is 2.28. The van der Waals surface area contributed by atoms with Crippen LogP contribution in [0.4, 0.5) is 0 Å². The van der Waals surface area contributed by atoms with Gasteiger partial charge in [0.1, 0.15) is 0 Å². The average Bonchev–Trinajstić information content (AvgIpc) is 2.45. The Morgan fingerprint density at radius 2 is 2.08 bits per heavy atom. The fraction of sp³-hybridized carbons (Fsp3) is 1.00. The lowest BCUT2D eigenvalue weighted by molar-refractivity contribution is 0.154. The second kappa shape index (κ2) is 4.43. The van der Waals surface area contributed by atoms with Crippen LogP contribution in [0.25, 0.3) is 0 Å². The smallest absolute Gasteiger partial charge is 0.0219 e. The monoisotopic (exact) mass is 184 g/mol. The molecule has 0 radical (unpaired) electrons. The molecule has 1 fully saturated rings. The van der Waals surface area contributed by atoms with E-state index in [0.29, 0.717) is 12.1 Å². The van der Waals surface area contributed by atoms with Crippen molar-refractivity contribution in [3.05, 3.63) is 0 Å². The molecule has 0 bridgehead atoms. The molecule has 2 N–H and O–H groups in total. The highest BCUT2D eigenvalue weighted by molar-refractivity contribution is 4.89. The van der Waals surface area contributed by atoms with Crippen molar-refractivity contribution in [3.8, 4) is 0 Å². The summed E-state index contributed by atoms with van der Waals surface area (Å²) in [6.45, 7) is 10.3. The minimum atomic E-state index is 0.291. The summed E-state index contributed by atoms with van der Waals surface area (Å²) in [5.74, 6) is 0.853. The molecule has 1 saturated heterocycles. The minimum absolute atomic E-state index is 0.291. The fourth-order valence-electron chi connectivity index (χ4n) is 2.48. The Hall–Kier alpha value is -0.0800. The van der Waals surface area contributed by atoms with Crippen molar-refractivity contribution in [3.63, 3.8) is 0 Å². The van der Waals surface area contributed by atoms with E-state index in [4.69, 9.17) is 5.73 Å². The molecule has 0 aromatic rings. The molecule has 0 spiro atoms.